The molecule has 31 heavy (non-hydrogen) atoms. The van der Waals surface area contributed by atoms with Crippen molar-refractivity contribution in [2.45, 2.75) is 44.1 Å². The van der Waals surface area contributed by atoms with Crippen molar-refractivity contribution in [1.29, 1.82) is 0 Å². The molecule has 1 aliphatic carbocycles. The Morgan fingerprint density at radius 3 is 2.77 bits per heavy atom. The van der Waals surface area contributed by atoms with E-state index >= 15 is 0 Å². The van der Waals surface area contributed by atoms with Crippen LogP contribution >= 0.6 is 0 Å². The van der Waals surface area contributed by atoms with Crippen LogP contribution in [0.1, 0.15) is 43.1 Å². The lowest BCUT2D eigenvalue weighted by Gasteiger charge is -2.26. The van der Waals surface area contributed by atoms with Gasteiger partial charge in [-0.15, -0.1) is 4.98 Å². The topological polar surface area (TPSA) is 64.4 Å². The van der Waals surface area contributed by atoms with Crippen molar-refractivity contribution in [2.75, 3.05) is 7.11 Å². The predicted molar refractivity (Wildman–Crippen MR) is 112 cm³/mol. The van der Waals surface area contributed by atoms with Crippen LogP contribution < -0.4 is 9.47 Å². The van der Waals surface area contributed by atoms with Crippen molar-refractivity contribution < 1.29 is 18.3 Å². The maximum absolute atomic E-state index is 13.4. The maximum Gasteiger partial charge on any atom is 0.269 e. The number of hydrogen-bond donors (Lipinski definition) is 1. The summed E-state index contributed by atoms with van der Waals surface area (Å²) in [6, 6.07) is 10.7. The molecule has 1 aliphatic rings. The molecule has 0 unspecified atom stereocenters. The minimum Gasteiger partial charge on any atom is -0.496 e. The number of H-pyrrole nitrogens is 1. The summed E-state index contributed by atoms with van der Waals surface area (Å²) in [5.74, 6) is -0.279. The number of hydrogen-bond acceptors (Lipinski definition) is 4. The number of rotatable bonds is 6. The van der Waals surface area contributed by atoms with Gasteiger partial charge in [0.1, 0.15) is 17.3 Å². The number of pyridine rings is 1. The zero-order valence-electron chi connectivity index (χ0n) is 17.1. The highest BCUT2D eigenvalue weighted by Gasteiger charge is 2.36. The third kappa shape index (κ3) is 4.82. The highest BCUT2D eigenvalue weighted by Crippen LogP contribution is 2.41. The van der Waals surface area contributed by atoms with E-state index < -0.39 is 5.92 Å². The van der Waals surface area contributed by atoms with E-state index in [9.17, 15) is 8.78 Å². The van der Waals surface area contributed by atoms with Crippen LogP contribution in [0.3, 0.4) is 0 Å². The third-order valence-corrected chi connectivity index (χ3v) is 5.46. The molecule has 1 fully saturated rings. The SMILES string of the molecule is [C-]#[N+]c1cccc(COc2ccc(-c3cnc(C4CCC(F)(F)CC4)[nH]3)c(OC)c2)n1. The Hall–Kier alpha value is -3.47. The second-order valence-electron chi connectivity index (χ2n) is 7.56. The van der Waals surface area contributed by atoms with Crippen LogP contribution in [-0.2, 0) is 6.61 Å². The molecule has 0 bridgehead atoms. The number of aromatic amines is 1. The number of nitrogens with one attached hydrogen (secondary N) is 1. The van der Waals surface area contributed by atoms with E-state index in [4.69, 9.17) is 16.0 Å². The second-order valence-corrected chi connectivity index (χ2v) is 7.56. The van der Waals surface area contributed by atoms with Crippen molar-refractivity contribution in [3.05, 3.63) is 65.5 Å². The van der Waals surface area contributed by atoms with Crippen LogP contribution in [0.2, 0.25) is 0 Å². The van der Waals surface area contributed by atoms with E-state index in [2.05, 4.69) is 19.8 Å². The van der Waals surface area contributed by atoms with Crippen LogP contribution in [0.5, 0.6) is 11.5 Å². The molecule has 6 nitrogen and oxygen atoms in total. The lowest BCUT2D eigenvalue weighted by Crippen LogP contribution is -2.24. The van der Waals surface area contributed by atoms with Gasteiger partial charge in [-0.1, -0.05) is 12.6 Å². The average molecular weight is 424 g/mol. The van der Waals surface area contributed by atoms with Gasteiger partial charge in [0.2, 0.25) is 5.92 Å². The van der Waals surface area contributed by atoms with Gasteiger partial charge in [-0.25, -0.2) is 13.8 Å². The highest BCUT2D eigenvalue weighted by atomic mass is 19.3. The first-order chi connectivity index (χ1) is 15.0. The number of benzene rings is 1. The number of nitrogens with zero attached hydrogens (tertiary/aromatic N) is 3. The van der Waals surface area contributed by atoms with E-state index in [1.54, 1.807) is 37.6 Å². The maximum atomic E-state index is 13.4. The summed E-state index contributed by atoms with van der Waals surface area (Å²) >= 11 is 0. The van der Waals surface area contributed by atoms with Crippen molar-refractivity contribution in [3.63, 3.8) is 0 Å². The third-order valence-electron chi connectivity index (χ3n) is 5.46. The fourth-order valence-electron chi connectivity index (χ4n) is 3.75. The lowest BCUT2D eigenvalue weighted by atomic mass is 9.86. The Morgan fingerprint density at radius 2 is 2.03 bits per heavy atom. The molecule has 0 atom stereocenters. The molecule has 0 spiro atoms. The Labute approximate surface area is 179 Å². The molecule has 160 valence electrons. The van der Waals surface area contributed by atoms with Crippen LogP contribution in [0.4, 0.5) is 14.6 Å². The number of methoxy groups -OCH3 is 1. The number of halogens is 2. The van der Waals surface area contributed by atoms with Gasteiger partial charge in [0.25, 0.3) is 5.82 Å². The van der Waals surface area contributed by atoms with Crippen LogP contribution in [0, 0.1) is 6.57 Å². The average Bonchev–Trinajstić information content (AvgIpc) is 3.27. The first-order valence-corrected chi connectivity index (χ1v) is 10.0. The molecule has 2 heterocycles. The molecular formula is C23H22F2N4O2. The van der Waals surface area contributed by atoms with Gasteiger partial charge in [0, 0.05) is 30.4 Å². The van der Waals surface area contributed by atoms with Crippen LogP contribution in [0.15, 0.2) is 42.6 Å². The fourth-order valence-corrected chi connectivity index (χ4v) is 3.75. The summed E-state index contributed by atoms with van der Waals surface area (Å²) in [4.78, 5) is 15.2. The predicted octanol–water partition coefficient (Wildman–Crippen LogP) is 5.90. The smallest absolute Gasteiger partial charge is 0.269 e. The number of ether oxygens (including phenoxy) is 2. The molecule has 4 rings (SSSR count). The molecule has 0 aliphatic heterocycles. The first-order valence-electron chi connectivity index (χ1n) is 10.0. The molecule has 0 amide bonds. The van der Waals surface area contributed by atoms with E-state index in [0.717, 1.165) is 17.1 Å². The monoisotopic (exact) mass is 424 g/mol. The lowest BCUT2D eigenvalue weighted by molar-refractivity contribution is -0.0387. The van der Waals surface area contributed by atoms with Gasteiger partial charge in [0.05, 0.1) is 19.0 Å². The molecule has 1 saturated carbocycles. The van der Waals surface area contributed by atoms with Gasteiger partial charge < -0.3 is 19.3 Å². The fraction of sp³-hybridized carbons (Fsp3) is 0.348. The van der Waals surface area contributed by atoms with Crippen molar-refractivity contribution in [2.24, 2.45) is 0 Å². The normalized spacial score (nSPS) is 15.9. The molecule has 8 heteroatoms. The van der Waals surface area contributed by atoms with E-state index in [1.807, 2.05) is 12.1 Å². The van der Waals surface area contributed by atoms with Crippen LogP contribution in [0.25, 0.3) is 16.1 Å². The van der Waals surface area contributed by atoms with Gasteiger partial charge in [0.15, 0.2) is 12.3 Å². The Morgan fingerprint density at radius 1 is 1.23 bits per heavy atom. The molecule has 0 saturated heterocycles. The number of imidazole rings is 1. The van der Waals surface area contributed by atoms with Crippen molar-refractivity contribution >= 4 is 5.82 Å². The number of alkyl halides is 2. The highest BCUT2D eigenvalue weighted by molar-refractivity contribution is 5.68. The molecule has 0 radical (unpaired) electrons. The minimum absolute atomic E-state index is 0.0145. The Bertz CT molecular complexity index is 1100. The molecule has 1 aromatic carbocycles. The standard InChI is InChI=1S/C23H22F2N4O2/c1-26-21-5-3-4-16(28-21)14-31-17-6-7-18(20(12-17)30-2)19-13-27-22(29-19)15-8-10-23(24,25)11-9-15/h3-7,12-13,15H,8-11,14H2,2H3,(H,27,29). The zero-order chi connectivity index (χ0) is 21.8. The quantitative estimate of drug-likeness (QED) is 0.500. The van der Waals surface area contributed by atoms with E-state index in [0.29, 0.717) is 35.9 Å². The van der Waals surface area contributed by atoms with Crippen molar-refractivity contribution in [1.82, 2.24) is 15.0 Å². The zero-order valence-corrected chi connectivity index (χ0v) is 17.1. The van der Waals surface area contributed by atoms with Gasteiger partial charge >= 0.3 is 0 Å². The summed E-state index contributed by atoms with van der Waals surface area (Å²) in [5.41, 5.74) is 2.23. The van der Waals surface area contributed by atoms with Gasteiger partial charge in [-0.3, -0.25) is 0 Å². The largest absolute Gasteiger partial charge is 0.496 e. The molecule has 1 N–H and O–H groups in total. The first kappa shape index (κ1) is 20.8. The second kappa shape index (κ2) is 8.72. The summed E-state index contributed by atoms with van der Waals surface area (Å²) in [6.45, 7) is 7.27. The summed E-state index contributed by atoms with van der Waals surface area (Å²) < 4.78 is 38.2. The van der Waals surface area contributed by atoms with Crippen molar-refractivity contribution in [3.8, 4) is 22.8 Å². The van der Waals surface area contributed by atoms with Crippen LogP contribution in [-0.4, -0.2) is 28.0 Å². The summed E-state index contributed by atoms with van der Waals surface area (Å²) in [5, 5.41) is 0. The Kier molecular flexibility index (Phi) is 5.85. The van der Waals surface area contributed by atoms with Gasteiger partial charge in [-0.05, 0) is 37.1 Å². The molecule has 2 aromatic heterocycles. The summed E-state index contributed by atoms with van der Waals surface area (Å²) in [6.07, 6.45) is 2.35. The minimum atomic E-state index is -2.56. The molecule has 3 aromatic rings. The van der Waals surface area contributed by atoms with Gasteiger partial charge in [-0.2, -0.15) is 0 Å². The summed E-state index contributed by atoms with van der Waals surface area (Å²) in [7, 11) is 1.57. The van der Waals surface area contributed by atoms with E-state index in [1.165, 1.54) is 0 Å². The van der Waals surface area contributed by atoms with E-state index in [-0.39, 0.29) is 25.4 Å². The Balaban J connectivity index is 1.47. The molecular weight excluding hydrogens is 402 g/mol. The number of aromatic nitrogens is 3.